The van der Waals surface area contributed by atoms with Crippen LogP contribution in [-0.2, 0) is 21.5 Å². The highest BCUT2D eigenvalue weighted by molar-refractivity contribution is 5.78. The van der Waals surface area contributed by atoms with Crippen LogP contribution in [0.2, 0.25) is 0 Å². The Labute approximate surface area is 188 Å². The number of benzene rings is 3. The van der Waals surface area contributed by atoms with E-state index in [0.717, 1.165) is 24.3 Å². The molecule has 162 valence electrons. The highest BCUT2D eigenvalue weighted by Crippen LogP contribution is 2.62. The second kappa shape index (κ2) is 7.49. The average Bonchev–Trinajstić information content (AvgIpc) is 3.17. The van der Waals surface area contributed by atoms with Crippen molar-refractivity contribution in [1.82, 2.24) is 4.90 Å². The Hall–Kier alpha value is -3.11. The van der Waals surface area contributed by atoms with Crippen LogP contribution in [0.4, 0.5) is 0 Å². The summed E-state index contributed by atoms with van der Waals surface area (Å²) in [6.45, 7) is 3.66. The zero-order valence-electron chi connectivity index (χ0n) is 18.2. The van der Waals surface area contributed by atoms with Crippen LogP contribution < -0.4 is 4.74 Å². The molecule has 3 heterocycles. The molecule has 1 fully saturated rings. The molecule has 0 bridgehead atoms. The van der Waals surface area contributed by atoms with Crippen molar-refractivity contribution in [3.8, 4) is 5.75 Å². The number of carbonyl (C=O) groups excluding carboxylic acids is 1. The Morgan fingerprint density at radius 1 is 1.03 bits per heavy atom. The summed E-state index contributed by atoms with van der Waals surface area (Å²) < 4.78 is 12.0. The first-order valence-electron chi connectivity index (χ1n) is 11.6. The second-order valence-electron chi connectivity index (χ2n) is 8.92. The van der Waals surface area contributed by atoms with Crippen molar-refractivity contribution in [3.05, 3.63) is 101 Å². The summed E-state index contributed by atoms with van der Waals surface area (Å²) in [7, 11) is 0. The Kier molecular flexibility index (Phi) is 4.58. The van der Waals surface area contributed by atoms with Gasteiger partial charge in [0.25, 0.3) is 0 Å². The van der Waals surface area contributed by atoms with Crippen LogP contribution in [0.1, 0.15) is 35.2 Å². The number of hydrogen-bond acceptors (Lipinski definition) is 4. The first-order valence-corrected chi connectivity index (χ1v) is 11.6. The van der Waals surface area contributed by atoms with Gasteiger partial charge in [-0.15, -0.1) is 0 Å². The van der Waals surface area contributed by atoms with Crippen molar-refractivity contribution >= 4 is 5.97 Å². The van der Waals surface area contributed by atoms with Gasteiger partial charge in [-0.25, -0.2) is 0 Å². The minimum absolute atomic E-state index is 0.00955. The summed E-state index contributed by atoms with van der Waals surface area (Å²) in [5.74, 6) is 0.451. The molecule has 3 aromatic carbocycles. The minimum atomic E-state index is -0.585. The average molecular weight is 426 g/mol. The summed E-state index contributed by atoms with van der Waals surface area (Å²) in [5.41, 5.74) is 4.28. The van der Waals surface area contributed by atoms with E-state index in [2.05, 4.69) is 65.6 Å². The fraction of sp³-hybridized carbons (Fsp3) is 0.321. The SMILES string of the molecule is CCOC(=O)[C@@H]1[C@H]2COc3ccccc3[C@@H]2N2CCc3ccccc3[C@]12c1ccccc1. The highest BCUT2D eigenvalue weighted by Gasteiger charge is 2.66. The van der Waals surface area contributed by atoms with Crippen LogP contribution in [0.3, 0.4) is 0 Å². The fourth-order valence-corrected chi connectivity index (χ4v) is 6.51. The zero-order chi connectivity index (χ0) is 21.7. The maximum atomic E-state index is 13.8. The lowest BCUT2D eigenvalue weighted by Gasteiger charge is -2.48. The van der Waals surface area contributed by atoms with Crippen molar-refractivity contribution in [2.24, 2.45) is 11.8 Å². The molecule has 3 aromatic rings. The van der Waals surface area contributed by atoms with Gasteiger partial charge in [0, 0.05) is 24.1 Å². The van der Waals surface area contributed by atoms with E-state index < -0.39 is 5.54 Å². The Balaban J connectivity index is 1.67. The number of rotatable bonds is 3. The summed E-state index contributed by atoms with van der Waals surface area (Å²) in [5, 5.41) is 0. The number of ether oxygens (including phenoxy) is 2. The van der Waals surface area contributed by atoms with Crippen molar-refractivity contribution in [2.45, 2.75) is 24.9 Å². The van der Waals surface area contributed by atoms with E-state index in [9.17, 15) is 4.79 Å². The van der Waals surface area contributed by atoms with Crippen LogP contribution in [0.5, 0.6) is 5.75 Å². The molecule has 32 heavy (non-hydrogen) atoms. The Morgan fingerprint density at radius 2 is 1.78 bits per heavy atom. The van der Waals surface area contributed by atoms with Crippen molar-refractivity contribution in [3.63, 3.8) is 0 Å². The van der Waals surface area contributed by atoms with Gasteiger partial charge < -0.3 is 9.47 Å². The van der Waals surface area contributed by atoms with Crippen molar-refractivity contribution in [1.29, 1.82) is 0 Å². The van der Waals surface area contributed by atoms with Gasteiger partial charge in [0.1, 0.15) is 5.75 Å². The number of esters is 1. The van der Waals surface area contributed by atoms with Crippen molar-refractivity contribution in [2.75, 3.05) is 19.8 Å². The van der Waals surface area contributed by atoms with Gasteiger partial charge in [-0.1, -0.05) is 72.8 Å². The molecular formula is C28H27NO3. The molecule has 0 N–H and O–H groups in total. The third-order valence-electron chi connectivity index (χ3n) is 7.55. The topological polar surface area (TPSA) is 38.8 Å². The van der Waals surface area contributed by atoms with Gasteiger partial charge in [-0.2, -0.15) is 0 Å². The molecule has 1 saturated heterocycles. The van der Waals surface area contributed by atoms with E-state index in [0.29, 0.717) is 13.2 Å². The molecule has 0 amide bonds. The lowest BCUT2D eigenvalue weighted by molar-refractivity contribution is -0.152. The number of hydrogen-bond donors (Lipinski definition) is 0. The standard InChI is InChI=1S/C28H27NO3/c1-2-31-27(30)25-22-18-32-24-15-9-7-13-21(24)26(22)29-17-16-19-10-6-8-14-23(19)28(25,29)20-11-4-3-5-12-20/h3-15,22,25-26H,2,16-18H2,1H3/t22-,25+,26+,28-/m1/s1. The number of para-hydroxylation sites is 1. The molecule has 0 aliphatic carbocycles. The smallest absolute Gasteiger partial charge is 0.312 e. The van der Waals surface area contributed by atoms with Gasteiger partial charge in [-0.05, 0) is 36.1 Å². The van der Waals surface area contributed by atoms with Gasteiger partial charge in [-0.3, -0.25) is 9.69 Å². The van der Waals surface area contributed by atoms with E-state index >= 15 is 0 Å². The molecule has 0 radical (unpaired) electrons. The van der Waals surface area contributed by atoms with Crippen LogP contribution in [0.25, 0.3) is 0 Å². The quantitative estimate of drug-likeness (QED) is 0.569. The van der Waals surface area contributed by atoms with E-state index in [1.165, 1.54) is 16.7 Å². The molecule has 4 nitrogen and oxygen atoms in total. The van der Waals surface area contributed by atoms with Crippen LogP contribution in [-0.4, -0.2) is 30.6 Å². The fourth-order valence-electron chi connectivity index (χ4n) is 6.51. The summed E-state index contributed by atoms with van der Waals surface area (Å²) >= 11 is 0. The molecule has 0 aromatic heterocycles. The van der Waals surface area contributed by atoms with Gasteiger partial charge in [0.15, 0.2) is 0 Å². The highest BCUT2D eigenvalue weighted by atomic mass is 16.5. The van der Waals surface area contributed by atoms with E-state index in [4.69, 9.17) is 9.47 Å². The maximum absolute atomic E-state index is 13.8. The third-order valence-corrected chi connectivity index (χ3v) is 7.55. The summed E-state index contributed by atoms with van der Waals surface area (Å²) in [4.78, 5) is 16.3. The molecule has 0 spiro atoms. The molecule has 4 heteroatoms. The molecule has 3 aliphatic heterocycles. The van der Waals surface area contributed by atoms with Crippen LogP contribution >= 0.6 is 0 Å². The number of carbonyl (C=O) groups is 1. The third kappa shape index (κ3) is 2.56. The molecule has 0 saturated carbocycles. The Bertz CT molecular complexity index is 1160. The Morgan fingerprint density at radius 3 is 2.62 bits per heavy atom. The van der Waals surface area contributed by atoms with E-state index in [1.807, 2.05) is 25.1 Å². The second-order valence-corrected chi connectivity index (χ2v) is 8.92. The summed E-state index contributed by atoms with van der Waals surface area (Å²) in [6.07, 6.45) is 0.965. The van der Waals surface area contributed by atoms with Gasteiger partial charge in [0.05, 0.1) is 24.7 Å². The molecular weight excluding hydrogens is 398 g/mol. The number of nitrogens with zero attached hydrogens (tertiary/aromatic N) is 1. The van der Waals surface area contributed by atoms with Crippen molar-refractivity contribution < 1.29 is 14.3 Å². The number of fused-ring (bicyclic) bond motifs is 7. The van der Waals surface area contributed by atoms with E-state index in [1.54, 1.807) is 0 Å². The molecule has 4 atom stereocenters. The summed E-state index contributed by atoms with van der Waals surface area (Å²) in [6, 6.07) is 27.6. The van der Waals surface area contributed by atoms with Gasteiger partial charge in [0.2, 0.25) is 0 Å². The van der Waals surface area contributed by atoms with Crippen LogP contribution in [0.15, 0.2) is 78.9 Å². The largest absolute Gasteiger partial charge is 0.493 e. The first kappa shape index (κ1) is 19.6. The lowest BCUT2D eigenvalue weighted by atomic mass is 9.67. The predicted molar refractivity (Wildman–Crippen MR) is 122 cm³/mol. The molecule has 0 unspecified atom stereocenters. The predicted octanol–water partition coefficient (Wildman–Crippen LogP) is 4.73. The maximum Gasteiger partial charge on any atom is 0.312 e. The normalized spacial score (nSPS) is 28.0. The lowest BCUT2D eigenvalue weighted by Crippen LogP contribution is -2.53. The van der Waals surface area contributed by atoms with Gasteiger partial charge >= 0.3 is 5.97 Å². The monoisotopic (exact) mass is 425 g/mol. The zero-order valence-corrected chi connectivity index (χ0v) is 18.2. The molecule has 3 aliphatic rings. The first-order chi connectivity index (χ1) is 15.8. The minimum Gasteiger partial charge on any atom is -0.493 e. The molecule has 6 rings (SSSR count). The van der Waals surface area contributed by atoms with E-state index in [-0.39, 0.29) is 23.8 Å². The van der Waals surface area contributed by atoms with Crippen LogP contribution in [0, 0.1) is 11.8 Å².